The number of phenolic OH excluding ortho intramolecular Hbond substituents is 1. The third kappa shape index (κ3) is 1.76. The topological polar surface area (TPSA) is 91.7 Å². The second-order valence-electron chi connectivity index (χ2n) is 3.80. The smallest absolute Gasteiger partial charge is 0.303 e. The molecule has 0 bridgehead atoms. The molecular formula is C10H10O5S. The van der Waals surface area contributed by atoms with Gasteiger partial charge in [-0.05, 0) is 23.8 Å². The molecule has 2 rings (SSSR count). The number of sulfone groups is 1. The van der Waals surface area contributed by atoms with Gasteiger partial charge in [-0.15, -0.1) is 0 Å². The number of aromatic hydroxyl groups is 1. The Bertz CT molecular complexity index is 546. The van der Waals surface area contributed by atoms with E-state index in [1.54, 1.807) is 0 Å². The van der Waals surface area contributed by atoms with E-state index in [1.165, 1.54) is 18.2 Å². The first-order valence-electron chi connectivity index (χ1n) is 4.67. The molecular weight excluding hydrogens is 232 g/mol. The van der Waals surface area contributed by atoms with Gasteiger partial charge in [0, 0.05) is 5.92 Å². The zero-order chi connectivity index (χ0) is 11.9. The highest BCUT2D eigenvalue weighted by Gasteiger charge is 2.35. The van der Waals surface area contributed by atoms with E-state index >= 15 is 0 Å². The summed E-state index contributed by atoms with van der Waals surface area (Å²) in [5.41, 5.74) is 0.405. The Morgan fingerprint density at radius 2 is 2.12 bits per heavy atom. The third-order valence-electron chi connectivity index (χ3n) is 2.61. The molecule has 1 heterocycles. The number of rotatable bonds is 2. The summed E-state index contributed by atoms with van der Waals surface area (Å²) in [4.78, 5) is 10.7. The zero-order valence-corrected chi connectivity index (χ0v) is 9.07. The Balaban J connectivity index is 2.52. The van der Waals surface area contributed by atoms with Crippen LogP contribution in [0.4, 0.5) is 0 Å². The van der Waals surface area contributed by atoms with E-state index in [4.69, 9.17) is 5.11 Å². The summed E-state index contributed by atoms with van der Waals surface area (Å²) in [5.74, 6) is -1.86. The number of carboxylic acids is 1. The molecule has 16 heavy (non-hydrogen) atoms. The summed E-state index contributed by atoms with van der Waals surface area (Å²) >= 11 is 0. The number of aliphatic carboxylic acids is 1. The predicted octanol–water partition coefficient (Wildman–Crippen LogP) is 0.738. The van der Waals surface area contributed by atoms with E-state index in [0.29, 0.717) is 5.56 Å². The SMILES string of the molecule is O=C(O)CC1CS(=O)(=O)c2ccc(O)cc21. The number of fused-ring (bicyclic) bond motifs is 1. The van der Waals surface area contributed by atoms with Gasteiger partial charge in [0.25, 0.3) is 0 Å². The molecule has 0 amide bonds. The van der Waals surface area contributed by atoms with E-state index in [1.807, 2.05) is 0 Å². The minimum absolute atomic E-state index is 0.0498. The number of benzene rings is 1. The van der Waals surface area contributed by atoms with Crippen LogP contribution in [0, 0.1) is 0 Å². The van der Waals surface area contributed by atoms with Gasteiger partial charge in [0.05, 0.1) is 17.1 Å². The number of carbonyl (C=O) groups is 1. The predicted molar refractivity (Wildman–Crippen MR) is 55.2 cm³/mol. The van der Waals surface area contributed by atoms with Gasteiger partial charge in [0.15, 0.2) is 9.84 Å². The average Bonchev–Trinajstić information content (AvgIpc) is 2.37. The lowest BCUT2D eigenvalue weighted by molar-refractivity contribution is -0.137. The molecule has 0 saturated carbocycles. The van der Waals surface area contributed by atoms with Gasteiger partial charge in [-0.25, -0.2) is 8.42 Å². The van der Waals surface area contributed by atoms with E-state index in [2.05, 4.69) is 0 Å². The van der Waals surface area contributed by atoms with Crippen LogP contribution >= 0.6 is 0 Å². The van der Waals surface area contributed by atoms with Gasteiger partial charge in [-0.3, -0.25) is 4.79 Å². The normalized spacial score (nSPS) is 21.6. The lowest BCUT2D eigenvalue weighted by Crippen LogP contribution is -2.08. The summed E-state index contributed by atoms with van der Waals surface area (Å²) in [6.45, 7) is 0. The maximum atomic E-state index is 11.7. The van der Waals surface area contributed by atoms with Crippen molar-refractivity contribution in [1.82, 2.24) is 0 Å². The van der Waals surface area contributed by atoms with Gasteiger partial charge in [-0.1, -0.05) is 0 Å². The molecule has 0 fully saturated rings. The van der Waals surface area contributed by atoms with Crippen LogP contribution in [0.1, 0.15) is 17.9 Å². The summed E-state index contributed by atoms with van der Waals surface area (Å²) < 4.78 is 23.4. The Hall–Kier alpha value is -1.56. The van der Waals surface area contributed by atoms with Crippen LogP contribution in [0.2, 0.25) is 0 Å². The van der Waals surface area contributed by atoms with Gasteiger partial charge in [-0.2, -0.15) is 0 Å². The van der Waals surface area contributed by atoms with E-state index in [-0.39, 0.29) is 22.8 Å². The standard InChI is InChI=1S/C10H10O5S/c11-7-1-2-9-8(4-7)6(3-10(12)13)5-16(9,14)15/h1-2,4,6,11H,3,5H2,(H,12,13). The second-order valence-corrected chi connectivity index (χ2v) is 5.80. The van der Waals surface area contributed by atoms with Crippen LogP contribution in [0.15, 0.2) is 23.1 Å². The van der Waals surface area contributed by atoms with Gasteiger partial charge in [0.1, 0.15) is 5.75 Å². The molecule has 0 aliphatic carbocycles. The van der Waals surface area contributed by atoms with Crippen LogP contribution in [-0.2, 0) is 14.6 Å². The number of hydrogen-bond donors (Lipinski definition) is 2. The molecule has 1 aliphatic heterocycles. The zero-order valence-electron chi connectivity index (χ0n) is 8.25. The molecule has 1 aliphatic rings. The van der Waals surface area contributed by atoms with Crippen molar-refractivity contribution in [2.24, 2.45) is 0 Å². The molecule has 86 valence electrons. The number of carboxylic acid groups (broad SMARTS) is 1. The molecule has 1 unspecified atom stereocenters. The fraction of sp³-hybridized carbons (Fsp3) is 0.300. The van der Waals surface area contributed by atoms with Crippen molar-refractivity contribution < 1.29 is 23.4 Å². The maximum absolute atomic E-state index is 11.7. The summed E-state index contributed by atoms with van der Waals surface area (Å²) in [7, 11) is -3.39. The van der Waals surface area contributed by atoms with Crippen molar-refractivity contribution in [2.75, 3.05) is 5.75 Å². The minimum Gasteiger partial charge on any atom is -0.508 e. The largest absolute Gasteiger partial charge is 0.508 e. The second kappa shape index (κ2) is 3.48. The van der Waals surface area contributed by atoms with Crippen molar-refractivity contribution in [2.45, 2.75) is 17.2 Å². The van der Waals surface area contributed by atoms with Crippen molar-refractivity contribution in [3.63, 3.8) is 0 Å². The summed E-state index contributed by atoms with van der Waals surface area (Å²) in [5, 5.41) is 18.0. The Morgan fingerprint density at radius 1 is 1.44 bits per heavy atom. The van der Waals surface area contributed by atoms with E-state index in [0.717, 1.165) is 0 Å². The number of phenols is 1. The summed E-state index contributed by atoms with van der Waals surface area (Å²) in [6.07, 6.45) is -0.240. The van der Waals surface area contributed by atoms with Crippen molar-refractivity contribution in [3.05, 3.63) is 23.8 Å². The number of hydrogen-bond acceptors (Lipinski definition) is 4. The molecule has 2 N–H and O–H groups in total. The Labute approximate surface area is 92.3 Å². The summed E-state index contributed by atoms with van der Waals surface area (Å²) in [6, 6.07) is 3.94. The molecule has 1 aromatic rings. The lowest BCUT2D eigenvalue weighted by atomic mass is 9.98. The lowest BCUT2D eigenvalue weighted by Gasteiger charge is -2.06. The highest BCUT2D eigenvalue weighted by molar-refractivity contribution is 7.91. The Kier molecular flexibility index (Phi) is 2.38. The van der Waals surface area contributed by atoms with Crippen LogP contribution in [0.3, 0.4) is 0 Å². The van der Waals surface area contributed by atoms with Crippen LogP contribution in [-0.4, -0.2) is 30.4 Å². The molecule has 5 nitrogen and oxygen atoms in total. The molecule has 0 radical (unpaired) electrons. The molecule has 1 atom stereocenters. The fourth-order valence-corrected chi connectivity index (χ4v) is 3.83. The average molecular weight is 242 g/mol. The van der Waals surface area contributed by atoms with Gasteiger partial charge < -0.3 is 10.2 Å². The Morgan fingerprint density at radius 3 is 2.75 bits per heavy atom. The highest BCUT2D eigenvalue weighted by Crippen LogP contribution is 2.38. The molecule has 6 heteroatoms. The quantitative estimate of drug-likeness (QED) is 0.798. The first-order valence-corrected chi connectivity index (χ1v) is 6.33. The molecule has 1 aromatic carbocycles. The fourth-order valence-electron chi connectivity index (χ4n) is 1.96. The van der Waals surface area contributed by atoms with Crippen LogP contribution in [0.25, 0.3) is 0 Å². The molecule has 0 saturated heterocycles. The van der Waals surface area contributed by atoms with E-state index < -0.39 is 21.7 Å². The monoisotopic (exact) mass is 242 g/mol. The molecule has 0 spiro atoms. The first kappa shape index (κ1) is 10.9. The van der Waals surface area contributed by atoms with Crippen molar-refractivity contribution in [3.8, 4) is 5.75 Å². The maximum Gasteiger partial charge on any atom is 0.303 e. The van der Waals surface area contributed by atoms with Crippen molar-refractivity contribution in [1.29, 1.82) is 0 Å². The van der Waals surface area contributed by atoms with E-state index in [9.17, 15) is 18.3 Å². The molecule has 0 aromatic heterocycles. The third-order valence-corrected chi connectivity index (χ3v) is 4.49. The van der Waals surface area contributed by atoms with Crippen molar-refractivity contribution >= 4 is 15.8 Å². The van der Waals surface area contributed by atoms with Gasteiger partial charge in [0.2, 0.25) is 0 Å². The van der Waals surface area contributed by atoms with Crippen LogP contribution in [0.5, 0.6) is 5.75 Å². The van der Waals surface area contributed by atoms with Crippen LogP contribution < -0.4 is 0 Å². The highest BCUT2D eigenvalue weighted by atomic mass is 32.2. The first-order chi connectivity index (χ1) is 7.40. The minimum atomic E-state index is -3.39. The van der Waals surface area contributed by atoms with Gasteiger partial charge >= 0.3 is 5.97 Å².